The van der Waals surface area contributed by atoms with Gasteiger partial charge in [-0.25, -0.2) is 9.67 Å². The predicted octanol–water partition coefficient (Wildman–Crippen LogP) is -0.572. The van der Waals surface area contributed by atoms with Crippen LogP contribution in [-0.2, 0) is 7.05 Å². The third-order valence-electron chi connectivity index (χ3n) is 0.796. The number of hydrogen-bond donors (Lipinski definition) is 0. The highest BCUT2D eigenvalue weighted by atomic mass is 16.1. The SMILES string of the molecule is Cn1n[c]nc1C=O. The van der Waals surface area contributed by atoms with Crippen LogP contribution in [0.4, 0.5) is 0 Å². The van der Waals surface area contributed by atoms with Gasteiger partial charge in [0.25, 0.3) is 0 Å². The Kier molecular flexibility index (Phi) is 1.07. The number of aldehydes is 1. The van der Waals surface area contributed by atoms with E-state index in [1.165, 1.54) is 4.68 Å². The van der Waals surface area contributed by atoms with Gasteiger partial charge >= 0.3 is 0 Å². The highest BCUT2D eigenvalue weighted by Crippen LogP contribution is 1.80. The normalized spacial score (nSPS) is 9.12. The van der Waals surface area contributed by atoms with Gasteiger partial charge in [0.1, 0.15) is 0 Å². The first kappa shape index (κ1) is 4.96. The molecule has 1 aromatic heterocycles. The molecular weight excluding hydrogens is 106 g/mol. The maximum absolute atomic E-state index is 9.95. The Morgan fingerprint density at radius 1 is 1.88 bits per heavy atom. The van der Waals surface area contributed by atoms with Crippen molar-refractivity contribution >= 4 is 6.29 Å². The Labute approximate surface area is 46.1 Å². The molecule has 1 heterocycles. The first-order valence-corrected chi connectivity index (χ1v) is 2.07. The Morgan fingerprint density at radius 2 is 2.62 bits per heavy atom. The van der Waals surface area contributed by atoms with Gasteiger partial charge in [0.05, 0.1) is 0 Å². The Balaban J connectivity index is 3.09. The lowest BCUT2D eigenvalue weighted by Crippen LogP contribution is -1.96. The summed E-state index contributed by atoms with van der Waals surface area (Å²) in [4.78, 5) is 13.4. The molecule has 0 unspecified atom stereocenters. The van der Waals surface area contributed by atoms with Crippen LogP contribution in [0.3, 0.4) is 0 Å². The second-order valence-electron chi connectivity index (χ2n) is 1.31. The van der Waals surface area contributed by atoms with Crippen LogP contribution in [-0.4, -0.2) is 21.1 Å². The maximum atomic E-state index is 9.95. The first-order valence-electron chi connectivity index (χ1n) is 2.07. The highest BCUT2D eigenvalue weighted by Gasteiger charge is 1.93. The molecule has 4 nitrogen and oxygen atoms in total. The van der Waals surface area contributed by atoms with Crippen molar-refractivity contribution in [1.29, 1.82) is 0 Å². The molecule has 0 atom stereocenters. The van der Waals surface area contributed by atoms with Crippen molar-refractivity contribution in [2.45, 2.75) is 0 Å². The Bertz CT molecular complexity index is 193. The van der Waals surface area contributed by atoms with Crippen LogP contribution in [0, 0.1) is 6.33 Å². The molecule has 0 aromatic carbocycles. The average molecular weight is 110 g/mol. The number of carbonyl (C=O) groups excluding carboxylic acids is 1. The van der Waals surface area contributed by atoms with Crippen LogP contribution >= 0.6 is 0 Å². The van der Waals surface area contributed by atoms with Gasteiger partial charge in [0.15, 0.2) is 12.1 Å². The van der Waals surface area contributed by atoms with Gasteiger partial charge < -0.3 is 0 Å². The van der Waals surface area contributed by atoms with E-state index in [-0.39, 0.29) is 0 Å². The van der Waals surface area contributed by atoms with Crippen LogP contribution in [0.5, 0.6) is 0 Å². The van der Waals surface area contributed by atoms with Gasteiger partial charge in [-0.3, -0.25) is 4.79 Å². The van der Waals surface area contributed by atoms with Crippen molar-refractivity contribution in [2.24, 2.45) is 7.05 Å². The molecule has 0 saturated heterocycles. The summed E-state index contributed by atoms with van der Waals surface area (Å²) in [7, 11) is 1.63. The van der Waals surface area contributed by atoms with Gasteiger partial charge in [-0.15, -0.1) is 5.10 Å². The molecule has 0 saturated carbocycles. The molecule has 1 radical (unpaired) electrons. The minimum atomic E-state index is 0.296. The van der Waals surface area contributed by atoms with Gasteiger partial charge in [-0.2, -0.15) is 0 Å². The number of aryl methyl sites for hydroxylation is 1. The summed E-state index contributed by atoms with van der Waals surface area (Å²) in [5.74, 6) is 0.296. The maximum Gasteiger partial charge on any atom is 0.221 e. The van der Waals surface area contributed by atoms with Crippen LogP contribution in [0.15, 0.2) is 0 Å². The standard InChI is InChI=1S/C4H4N3O/c1-7-4(2-8)5-3-6-7/h2H,1H3. The van der Waals surface area contributed by atoms with Crippen molar-refractivity contribution in [3.63, 3.8) is 0 Å². The molecule has 0 aliphatic heterocycles. The molecule has 0 spiro atoms. The molecule has 0 bridgehead atoms. The lowest BCUT2D eigenvalue weighted by Gasteiger charge is -1.83. The fraction of sp³-hybridized carbons (Fsp3) is 0.250. The van der Waals surface area contributed by atoms with Gasteiger partial charge in [0.2, 0.25) is 6.33 Å². The zero-order valence-electron chi connectivity index (χ0n) is 4.33. The third kappa shape index (κ3) is 0.598. The fourth-order valence-electron chi connectivity index (χ4n) is 0.367. The quantitative estimate of drug-likeness (QED) is 0.455. The van der Waals surface area contributed by atoms with Gasteiger partial charge in [0, 0.05) is 7.05 Å². The van der Waals surface area contributed by atoms with Crippen LogP contribution < -0.4 is 0 Å². The minimum absolute atomic E-state index is 0.296. The first-order chi connectivity index (χ1) is 3.84. The van der Waals surface area contributed by atoms with Gasteiger partial charge in [-0.05, 0) is 0 Å². The summed E-state index contributed by atoms with van der Waals surface area (Å²) >= 11 is 0. The molecule has 0 aliphatic rings. The highest BCUT2D eigenvalue weighted by molar-refractivity contribution is 5.68. The zero-order valence-corrected chi connectivity index (χ0v) is 4.33. The molecule has 1 rings (SSSR count). The summed E-state index contributed by atoms with van der Waals surface area (Å²) in [6.07, 6.45) is 2.91. The summed E-state index contributed by atoms with van der Waals surface area (Å²) in [5, 5.41) is 3.54. The second-order valence-corrected chi connectivity index (χ2v) is 1.31. The molecule has 4 heteroatoms. The van der Waals surface area contributed by atoms with Crippen LogP contribution in [0.2, 0.25) is 0 Å². The topological polar surface area (TPSA) is 47.8 Å². The monoisotopic (exact) mass is 110 g/mol. The zero-order chi connectivity index (χ0) is 5.98. The van der Waals surface area contributed by atoms with E-state index in [4.69, 9.17) is 0 Å². The Morgan fingerprint density at radius 3 is 2.88 bits per heavy atom. The predicted molar refractivity (Wildman–Crippen MR) is 25.2 cm³/mol. The average Bonchev–Trinajstić information content (AvgIpc) is 2.14. The third-order valence-corrected chi connectivity index (χ3v) is 0.796. The summed E-state index contributed by atoms with van der Waals surface area (Å²) in [5.41, 5.74) is 0. The number of aromatic nitrogens is 3. The van der Waals surface area contributed by atoms with E-state index >= 15 is 0 Å². The molecule has 0 amide bonds. The number of rotatable bonds is 1. The second kappa shape index (κ2) is 1.73. The number of hydrogen-bond acceptors (Lipinski definition) is 3. The summed E-state index contributed by atoms with van der Waals surface area (Å²) in [6.45, 7) is 0. The van der Waals surface area contributed by atoms with E-state index in [9.17, 15) is 4.79 Å². The number of carbonyl (C=O) groups is 1. The lowest BCUT2D eigenvalue weighted by atomic mass is 10.7. The lowest BCUT2D eigenvalue weighted by molar-refractivity contribution is 0.111. The smallest absolute Gasteiger partial charge is 0.221 e. The molecular formula is C4H4N3O. The Hall–Kier alpha value is -1.19. The molecule has 1 aromatic rings. The number of nitrogens with zero attached hydrogens (tertiary/aromatic N) is 3. The van der Waals surface area contributed by atoms with Crippen molar-refractivity contribution < 1.29 is 4.79 Å². The van der Waals surface area contributed by atoms with Crippen molar-refractivity contribution in [3.05, 3.63) is 12.2 Å². The van der Waals surface area contributed by atoms with Crippen molar-refractivity contribution in [2.75, 3.05) is 0 Å². The van der Waals surface area contributed by atoms with Crippen molar-refractivity contribution in [1.82, 2.24) is 14.8 Å². The van der Waals surface area contributed by atoms with Crippen molar-refractivity contribution in [3.8, 4) is 0 Å². The molecule has 0 aliphatic carbocycles. The van der Waals surface area contributed by atoms with E-state index < -0.39 is 0 Å². The molecule has 8 heavy (non-hydrogen) atoms. The molecule has 0 N–H and O–H groups in total. The van der Waals surface area contributed by atoms with E-state index in [2.05, 4.69) is 16.4 Å². The van der Waals surface area contributed by atoms with Crippen LogP contribution in [0.25, 0.3) is 0 Å². The van der Waals surface area contributed by atoms with E-state index in [0.717, 1.165) is 0 Å². The fourth-order valence-corrected chi connectivity index (χ4v) is 0.367. The molecule has 41 valence electrons. The van der Waals surface area contributed by atoms with E-state index in [1.54, 1.807) is 7.05 Å². The van der Waals surface area contributed by atoms with E-state index in [0.29, 0.717) is 12.1 Å². The summed E-state index contributed by atoms with van der Waals surface area (Å²) < 4.78 is 1.35. The largest absolute Gasteiger partial charge is 0.294 e. The minimum Gasteiger partial charge on any atom is -0.294 e. The van der Waals surface area contributed by atoms with E-state index in [1.807, 2.05) is 0 Å². The molecule has 0 fully saturated rings. The van der Waals surface area contributed by atoms with Crippen LogP contribution in [0.1, 0.15) is 10.6 Å². The summed E-state index contributed by atoms with van der Waals surface area (Å²) in [6, 6.07) is 0. The van der Waals surface area contributed by atoms with Gasteiger partial charge in [-0.1, -0.05) is 0 Å².